The third-order valence-electron chi connectivity index (χ3n) is 2.83. The quantitative estimate of drug-likeness (QED) is 0.504. The van der Waals surface area contributed by atoms with Crippen LogP contribution in [0.5, 0.6) is 0 Å². The molecule has 0 saturated carbocycles. The van der Waals surface area contributed by atoms with Crippen molar-refractivity contribution in [2.45, 2.75) is 30.5 Å². The van der Waals surface area contributed by atoms with E-state index < -0.39 is 4.92 Å². The van der Waals surface area contributed by atoms with Crippen molar-refractivity contribution < 1.29 is 10.0 Å². The predicted octanol–water partition coefficient (Wildman–Crippen LogP) is 2.95. The van der Waals surface area contributed by atoms with Crippen LogP contribution in [0.2, 0.25) is 0 Å². The summed E-state index contributed by atoms with van der Waals surface area (Å²) in [4.78, 5) is 15.7. The van der Waals surface area contributed by atoms with Gasteiger partial charge < -0.3 is 15.2 Å². The highest BCUT2D eigenvalue weighted by Gasteiger charge is 2.20. The standard InChI is InChI=1S/C14H17N3O3S/c1-10(2)21-12-5-3-11(4-6-12)14-15-9-13(17(19)20)16(14)7-8-18/h3-6,9-10,18H,7-8H2,1-2H3. The average molecular weight is 307 g/mol. The van der Waals surface area contributed by atoms with Crippen LogP contribution in [0.1, 0.15) is 13.8 Å². The molecule has 2 rings (SSSR count). The molecule has 0 bridgehead atoms. The van der Waals surface area contributed by atoms with E-state index in [4.69, 9.17) is 5.11 Å². The molecule has 0 saturated heterocycles. The van der Waals surface area contributed by atoms with Gasteiger partial charge in [0.2, 0.25) is 5.82 Å². The highest BCUT2D eigenvalue weighted by atomic mass is 32.2. The van der Waals surface area contributed by atoms with Crippen molar-refractivity contribution in [1.29, 1.82) is 0 Å². The molecule has 0 aliphatic rings. The van der Waals surface area contributed by atoms with Gasteiger partial charge in [0.15, 0.2) is 0 Å². The number of benzene rings is 1. The van der Waals surface area contributed by atoms with Crippen molar-refractivity contribution in [3.63, 3.8) is 0 Å². The molecule has 1 heterocycles. The number of hydrogen-bond acceptors (Lipinski definition) is 5. The third kappa shape index (κ3) is 3.62. The molecule has 0 aliphatic carbocycles. The minimum Gasteiger partial charge on any atom is -0.392 e. The van der Waals surface area contributed by atoms with Gasteiger partial charge in [-0.1, -0.05) is 13.8 Å². The zero-order chi connectivity index (χ0) is 15.4. The fraction of sp³-hybridized carbons (Fsp3) is 0.357. The largest absolute Gasteiger partial charge is 0.392 e. The lowest BCUT2D eigenvalue weighted by atomic mass is 10.2. The first-order valence-corrected chi connectivity index (χ1v) is 7.48. The number of imidazole rings is 1. The minimum absolute atomic E-state index is 0.111. The van der Waals surface area contributed by atoms with Gasteiger partial charge >= 0.3 is 5.82 Å². The second-order valence-electron chi connectivity index (χ2n) is 4.76. The molecule has 21 heavy (non-hydrogen) atoms. The molecule has 112 valence electrons. The number of nitro groups is 1. The maximum atomic E-state index is 11.0. The Labute approximate surface area is 127 Å². The van der Waals surface area contributed by atoms with Crippen LogP contribution in [-0.4, -0.2) is 31.4 Å². The van der Waals surface area contributed by atoms with Crippen LogP contribution in [0.3, 0.4) is 0 Å². The number of aliphatic hydroxyl groups is 1. The van der Waals surface area contributed by atoms with E-state index in [0.29, 0.717) is 11.1 Å². The Morgan fingerprint density at radius 1 is 1.38 bits per heavy atom. The highest BCUT2D eigenvalue weighted by Crippen LogP contribution is 2.28. The maximum Gasteiger partial charge on any atom is 0.343 e. The molecule has 0 amide bonds. The van der Waals surface area contributed by atoms with E-state index in [1.165, 1.54) is 10.8 Å². The summed E-state index contributed by atoms with van der Waals surface area (Å²) in [7, 11) is 0. The van der Waals surface area contributed by atoms with Crippen LogP contribution in [-0.2, 0) is 6.54 Å². The van der Waals surface area contributed by atoms with Crippen molar-refractivity contribution >= 4 is 17.6 Å². The molecule has 1 N–H and O–H groups in total. The van der Waals surface area contributed by atoms with E-state index in [-0.39, 0.29) is 19.0 Å². The number of thioether (sulfide) groups is 1. The monoisotopic (exact) mass is 307 g/mol. The summed E-state index contributed by atoms with van der Waals surface area (Å²) < 4.78 is 1.42. The van der Waals surface area contributed by atoms with Gasteiger partial charge in [-0.05, 0) is 29.2 Å². The van der Waals surface area contributed by atoms with Crippen LogP contribution in [0.25, 0.3) is 11.4 Å². The molecular formula is C14H17N3O3S. The molecule has 0 aliphatic heterocycles. The number of nitrogens with zero attached hydrogens (tertiary/aromatic N) is 3. The van der Waals surface area contributed by atoms with Gasteiger partial charge in [-0.25, -0.2) is 9.55 Å². The van der Waals surface area contributed by atoms with Gasteiger partial charge in [-0.2, -0.15) is 0 Å². The Morgan fingerprint density at radius 2 is 2.05 bits per heavy atom. The zero-order valence-corrected chi connectivity index (χ0v) is 12.7. The Kier molecular flexibility index (Phi) is 4.98. The van der Waals surface area contributed by atoms with Gasteiger partial charge in [0.05, 0.1) is 6.61 Å². The van der Waals surface area contributed by atoms with Crippen LogP contribution in [0.4, 0.5) is 5.82 Å². The Hall–Kier alpha value is -1.86. The van der Waals surface area contributed by atoms with E-state index in [9.17, 15) is 10.1 Å². The molecule has 6 nitrogen and oxygen atoms in total. The lowest BCUT2D eigenvalue weighted by Crippen LogP contribution is -2.07. The normalized spacial score (nSPS) is 11.0. The van der Waals surface area contributed by atoms with Gasteiger partial charge in [0.1, 0.15) is 12.7 Å². The number of rotatable bonds is 6. The molecule has 7 heteroatoms. The number of hydrogen-bond donors (Lipinski definition) is 1. The average Bonchev–Trinajstić information content (AvgIpc) is 2.83. The van der Waals surface area contributed by atoms with Crippen molar-refractivity contribution in [2.75, 3.05) is 6.61 Å². The van der Waals surface area contributed by atoms with Gasteiger partial charge in [0, 0.05) is 15.7 Å². The second kappa shape index (κ2) is 6.73. The maximum absolute atomic E-state index is 11.0. The first-order valence-electron chi connectivity index (χ1n) is 6.60. The smallest absolute Gasteiger partial charge is 0.343 e. The predicted molar refractivity (Wildman–Crippen MR) is 82.4 cm³/mol. The van der Waals surface area contributed by atoms with E-state index in [0.717, 1.165) is 10.5 Å². The molecule has 0 atom stereocenters. The first kappa shape index (κ1) is 15.5. The molecule has 0 fully saturated rings. The molecule has 1 aromatic carbocycles. The van der Waals surface area contributed by atoms with Crippen molar-refractivity contribution in [3.05, 3.63) is 40.6 Å². The van der Waals surface area contributed by atoms with Crippen LogP contribution in [0.15, 0.2) is 35.4 Å². The van der Waals surface area contributed by atoms with Crippen molar-refractivity contribution in [1.82, 2.24) is 9.55 Å². The molecule has 1 aromatic heterocycles. The van der Waals surface area contributed by atoms with E-state index in [2.05, 4.69) is 18.8 Å². The fourth-order valence-corrected chi connectivity index (χ4v) is 2.86. The minimum atomic E-state index is -0.491. The fourth-order valence-electron chi connectivity index (χ4n) is 2.02. The van der Waals surface area contributed by atoms with Gasteiger partial charge in [-0.15, -0.1) is 11.8 Å². The topological polar surface area (TPSA) is 81.2 Å². The summed E-state index contributed by atoms with van der Waals surface area (Å²) in [6, 6.07) is 7.74. The summed E-state index contributed by atoms with van der Waals surface area (Å²) in [5.41, 5.74) is 0.796. The zero-order valence-electron chi connectivity index (χ0n) is 11.9. The first-order chi connectivity index (χ1) is 10.0. The number of aliphatic hydroxyl groups excluding tert-OH is 1. The second-order valence-corrected chi connectivity index (χ2v) is 6.41. The van der Waals surface area contributed by atoms with Crippen LogP contribution >= 0.6 is 11.8 Å². The third-order valence-corrected chi connectivity index (χ3v) is 3.85. The lowest BCUT2D eigenvalue weighted by Gasteiger charge is -2.06. The van der Waals surface area contributed by atoms with Crippen molar-refractivity contribution in [3.8, 4) is 11.4 Å². The molecular weight excluding hydrogens is 290 g/mol. The Morgan fingerprint density at radius 3 is 2.57 bits per heavy atom. The molecule has 0 radical (unpaired) electrons. The molecule has 0 spiro atoms. The van der Waals surface area contributed by atoms with E-state index >= 15 is 0 Å². The van der Waals surface area contributed by atoms with Crippen LogP contribution < -0.4 is 0 Å². The van der Waals surface area contributed by atoms with E-state index in [1.54, 1.807) is 11.8 Å². The highest BCUT2D eigenvalue weighted by molar-refractivity contribution is 7.99. The molecule has 2 aromatic rings. The van der Waals surface area contributed by atoms with E-state index in [1.807, 2.05) is 24.3 Å². The number of aromatic nitrogens is 2. The summed E-state index contributed by atoms with van der Waals surface area (Å²) >= 11 is 1.75. The van der Waals surface area contributed by atoms with Crippen LogP contribution in [0, 0.1) is 10.1 Å². The summed E-state index contributed by atoms with van der Waals surface area (Å²) in [6.07, 6.45) is 1.22. The SMILES string of the molecule is CC(C)Sc1ccc(-c2ncc([N+](=O)[O-])n2CCO)cc1. The Bertz CT molecular complexity index is 623. The van der Waals surface area contributed by atoms with Crippen molar-refractivity contribution in [2.24, 2.45) is 0 Å². The molecule has 0 unspecified atom stereocenters. The van der Waals surface area contributed by atoms with Gasteiger partial charge in [0.25, 0.3) is 0 Å². The van der Waals surface area contributed by atoms with Gasteiger partial charge in [-0.3, -0.25) is 0 Å². The lowest BCUT2D eigenvalue weighted by molar-refractivity contribution is -0.392. The summed E-state index contributed by atoms with van der Waals surface area (Å²) in [5.74, 6) is 0.386. The summed E-state index contributed by atoms with van der Waals surface area (Å²) in [6.45, 7) is 4.21. The Balaban J connectivity index is 2.35. The summed E-state index contributed by atoms with van der Waals surface area (Å²) in [5, 5.41) is 20.6.